The molecule has 0 fully saturated rings. The van der Waals surface area contributed by atoms with Crippen molar-refractivity contribution in [3.63, 3.8) is 0 Å². The van der Waals surface area contributed by atoms with E-state index >= 15 is 0 Å². The van der Waals surface area contributed by atoms with Crippen LogP contribution in [0.3, 0.4) is 0 Å². The molecule has 2 N–H and O–H groups in total. The maximum Gasteiger partial charge on any atom is 0.259 e. The van der Waals surface area contributed by atoms with Crippen molar-refractivity contribution in [3.8, 4) is 11.5 Å². The minimum atomic E-state index is -0.250. The zero-order chi connectivity index (χ0) is 18.1. The molecule has 0 radical (unpaired) electrons. The van der Waals surface area contributed by atoms with Gasteiger partial charge >= 0.3 is 0 Å². The normalized spacial score (nSPS) is 10.0. The van der Waals surface area contributed by atoms with E-state index in [4.69, 9.17) is 9.47 Å². The molecule has 0 spiro atoms. The molecule has 6 heteroatoms. The van der Waals surface area contributed by atoms with Gasteiger partial charge in [-0.25, -0.2) is 0 Å². The molecule has 132 valence electrons. The van der Waals surface area contributed by atoms with Crippen LogP contribution in [0.25, 0.3) is 0 Å². The lowest BCUT2D eigenvalue weighted by Crippen LogP contribution is -2.28. The Balaban J connectivity index is 1.97. The van der Waals surface area contributed by atoms with Crippen molar-refractivity contribution >= 4 is 17.5 Å². The van der Waals surface area contributed by atoms with Crippen molar-refractivity contribution in [1.29, 1.82) is 0 Å². The number of para-hydroxylation sites is 1. The highest BCUT2D eigenvalue weighted by Crippen LogP contribution is 2.21. The van der Waals surface area contributed by atoms with Gasteiger partial charge in [0.2, 0.25) is 0 Å². The van der Waals surface area contributed by atoms with Crippen LogP contribution in [0.2, 0.25) is 0 Å². The van der Waals surface area contributed by atoms with Crippen molar-refractivity contribution in [2.24, 2.45) is 0 Å². The number of carbonyl (C=O) groups is 2. The number of hydrogen-bond acceptors (Lipinski definition) is 4. The average molecular weight is 342 g/mol. The summed E-state index contributed by atoms with van der Waals surface area (Å²) in [4.78, 5) is 23.8. The number of amides is 2. The summed E-state index contributed by atoms with van der Waals surface area (Å²) in [7, 11) is 0. The maximum atomic E-state index is 12.4. The molecule has 6 nitrogen and oxygen atoms in total. The summed E-state index contributed by atoms with van der Waals surface area (Å²) in [5.41, 5.74) is 1.10. The first kappa shape index (κ1) is 18.3. The Hall–Kier alpha value is -3.02. The van der Waals surface area contributed by atoms with Crippen LogP contribution in [-0.2, 0) is 4.79 Å². The van der Waals surface area contributed by atoms with Crippen LogP contribution in [0.1, 0.15) is 24.2 Å². The van der Waals surface area contributed by atoms with E-state index in [9.17, 15) is 9.59 Å². The largest absolute Gasteiger partial charge is 0.493 e. The zero-order valence-corrected chi connectivity index (χ0v) is 14.4. The molecule has 2 aromatic rings. The van der Waals surface area contributed by atoms with Crippen molar-refractivity contribution < 1.29 is 19.1 Å². The second-order valence-corrected chi connectivity index (χ2v) is 5.15. The molecule has 0 heterocycles. The van der Waals surface area contributed by atoms with E-state index < -0.39 is 0 Å². The number of likely N-dealkylation sites (N-methyl/N-ethyl adjacent to an activating group) is 1. The Bertz CT molecular complexity index is 714. The van der Waals surface area contributed by atoms with Crippen LogP contribution in [0.5, 0.6) is 11.5 Å². The van der Waals surface area contributed by atoms with E-state index in [0.29, 0.717) is 35.9 Å². The van der Waals surface area contributed by atoms with Crippen LogP contribution in [-0.4, -0.2) is 31.6 Å². The molecule has 0 aromatic heterocycles. The summed E-state index contributed by atoms with van der Waals surface area (Å²) < 4.78 is 10.8. The molecule has 0 aliphatic rings. The number of hydrogen-bond donors (Lipinski definition) is 2. The highest BCUT2D eigenvalue weighted by molar-refractivity contribution is 6.06. The second-order valence-electron chi connectivity index (χ2n) is 5.15. The molecular weight excluding hydrogens is 320 g/mol. The molecule has 0 saturated carbocycles. The Morgan fingerprint density at radius 2 is 1.68 bits per heavy atom. The highest BCUT2D eigenvalue weighted by Gasteiger charge is 2.12. The zero-order valence-electron chi connectivity index (χ0n) is 14.4. The number of benzene rings is 2. The first-order valence-corrected chi connectivity index (χ1v) is 8.16. The SMILES string of the molecule is CCNC(=O)COc1ccc(NC(=O)c2ccccc2OCC)cc1. The summed E-state index contributed by atoms with van der Waals surface area (Å²) in [5.74, 6) is 0.677. The lowest BCUT2D eigenvalue weighted by molar-refractivity contribution is -0.122. The minimum Gasteiger partial charge on any atom is -0.493 e. The first-order valence-electron chi connectivity index (χ1n) is 8.16. The molecular formula is C19H22N2O4. The summed E-state index contributed by atoms with van der Waals surface area (Å²) in [6, 6.07) is 13.9. The topological polar surface area (TPSA) is 76.7 Å². The van der Waals surface area contributed by atoms with Gasteiger partial charge in [-0.1, -0.05) is 12.1 Å². The molecule has 2 rings (SSSR count). The van der Waals surface area contributed by atoms with Gasteiger partial charge in [0.15, 0.2) is 6.61 Å². The van der Waals surface area contributed by atoms with E-state index in [-0.39, 0.29) is 18.4 Å². The van der Waals surface area contributed by atoms with Gasteiger partial charge in [0.1, 0.15) is 11.5 Å². The summed E-state index contributed by atoms with van der Waals surface area (Å²) >= 11 is 0. The van der Waals surface area contributed by atoms with Gasteiger partial charge < -0.3 is 20.1 Å². The fourth-order valence-corrected chi connectivity index (χ4v) is 2.17. The Morgan fingerprint density at radius 1 is 0.960 bits per heavy atom. The van der Waals surface area contributed by atoms with Crippen LogP contribution in [0.15, 0.2) is 48.5 Å². The van der Waals surface area contributed by atoms with Gasteiger partial charge in [0, 0.05) is 12.2 Å². The quantitative estimate of drug-likeness (QED) is 0.773. The molecule has 2 aromatic carbocycles. The second kappa shape index (κ2) is 9.32. The van der Waals surface area contributed by atoms with Gasteiger partial charge in [-0.2, -0.15) is 0 Å². The van der Waals surface area contributed by atoms with Crippen LogP contribution >= 0.6 is 0 Å². The maximum absolute atomic E-state index is 12.4. The van der Waals surface area contributed by atoms with Gasteiger partial charge in [-0.15, -0.1) is 0 Å². The summed E-state index contributed by atoms with van der Waals surface area (Å²) in [6.07, 6.45) is 0. The smallest absolute Gasteiger partial charge is 0.259 e. The van der Waals surface area contributed by atoms with E-state index in [1.165, 1.54) is 0 Å². The Labute approximate surface area is 147 Å². The molecule has 25 heavy (non-hydrogen) atoms. The van der Waals surface area contributed by atoms with E-state index in [1.54, 1.807) is 42.5 Å². The highest BCUT2D eigenvalue weighted by atomic mass is 16.5. The lowest BCUT2D eigenvalue weighted by Gasteiger charge is -2.11. The Kier molecular flexibility index (Phi) is 6.83. The van der Waals surface area contributed by atoms with E-state index in [2.05, 4.69) is 10.6 Å². The average Bonchev–Trinajstić information content (AvgIpc) is 2.62. The fourth-order valence-electron chi connectivity index (χ4n) is 2.17. The van der Waals surface area contributed by atoms with Gasteiger partial charge in [0.25, 0.3) is 11.8 Å². The first-order chi connectivity index (χ1) is 12.1. The summed E-state index contributed by atoms with van der Waals surface area (Å²) in [5, 5.41) is 5.47. The molecule has 2 amide bonds. The number of nitrogens with one attached hydrogen (secondary N) is 2. The molecule has 0 unspecified atom stereocenters. The van der Waals surface area contributed by atoms with Crippen molar-refractivity contribution in [2.45, 2.75) is 13.8 Å². The number of anilines is 1. The monoisotopic (exact) mass is 342 g/mol. The van der Waals surface area contributed by atoms with Gasteiger partial charge in [0.05, 0.1) is 12.2 Å². The summed E-state index contributed by atoms with van der Waals surface area (Å²) in [6.45, 7) is 4.73. The third-order valence-electron chi connectivity index (χ3n) is 3.29. The fraction of sp³-hybridized carbons (Fsp3) is 0.263. The van der Waals surface area contributed by atoms with Crippen molar-refractivity contribution in [2.75, 3.05) is 25.1 Å². The molecule has 0 atom stereocenters. The molecule has 0 aliphatic heterocycles. The molecule has 0 bridgehead atoms. The van der Waals surface area contributed by atoms with E-state index in [1.807, 2.05) is 19.9 Å². The van der Waals surface area contributed by atoms with Gasteiger partial charge in [-0.3, -0.25) is 9.59 Å². The van der Waals surface area contributed by atoms with Crippen LogP contribution in [0, 0.1) is 0 Å². The van der Waals surface area contributed by atoms with Crippen molar-refractivity contribution in [3.05, 3.63) is 54.1 Å². The third-order valence-corrected chi connectivity index (χ3v) is 3.29. The number of rotatable bonds is 8. The van der Waals surface area contributed by atoms with Gasteiger partial charge in [-0.05, 0) is 50.2 Å². The van der Waals surface area contributed by atoms with Crippen molar-refractivity contribution in [1.82, 2.24) is 5.32 Å². The number of carbonyl (C=O) groups excluding carboxylic acids is 2. The molecule has 0 aliphatic carbocycles. The predicted octanol–water partition coefficient (Wildman–Crippen LogP) is 2.85. The standard InChI is InChI=1S/C19H22N2O4/c1-3-20-18(22)13-25-15-11-9-14(10-12-15)21-19(23)16-7-5-6-8-17(16)24-4-2/h5-12H,3-4,13H2,1-2H3,(H,20,22)(H,21,23). The predicted molar refractivity (Wildman–Crippen MR) is 96.2 cm³/mol. The van der Waals surface area contributed by atoms with E-state index in [0.717, 1.165) is 0 Å². The third kappa shape index (κ3) is 5.53. The van der Waals surface area contributed by atoms with Crippen LogP contribution < -0.4 is 20.1 Å². The van der Waals surface area contributed by atoms with Crippen LogP contribution in [0.4, 0.5) is 5.69 Å². The minimum absolute atomic E-state index is 0.0404. The number of ether oxygens (including phenoxy) is 2. The molecule has 0 saturated heterocycles. The Morgan fingerprint density at radius 3 is 2.36 bits per heavy atom. The lowest BCUT2D eigenvalue weighted by atomic mass is 10.2.